The molecule has 0 spiro atoms. The molecule has 19 heavy (non-hydrogen) atoms. The molecule has 1 rings (SSSR count). The minimum Gasteiger partial charge on any atom is -0.480 e. The highest BCUT2D eigenvalue weighted by Crippen LogP contribution is 2.13. The number of urea groups is 1. The number of rotatable bonds is 7. The van der Waals surface area contributed by atoms with Crippen molar-refractivity contribution in [2.24, 2.45) is 5.92 Å². The Balaban J connectivity index is 2.34. The zero-order valence-corrected chi connectivity index (χ0v) is 11.3. The Kier molecular flexibility index (Phi) is 7.20. The van der Waals surface area contributed by atoms with E-state index in [1.54, 1.807) is 0 Å². The first-order valence-corrected chi connectivity index (χ1v) is 6.44. The zero-order chi connectivity index (χ0) is 14.1. The number of carboxylic acid groups (broad SMARTS) is 1. The molecule has 1 aliphatic heterocycles. The van der Waals surface area contributed by atoms with Gasteiger partial charge in [0.2, 0.25) is 0 Å². The maximum absolute atomic E-state index is 11.9. The number of ether oxygens (including phenoxy) is 2. The first-order valence-electron chi connectivity index (χ1n) is 6.44. The maximum Gasteiger partial charge on any atom is 0.323 e. The van der Waals surface area contributed by atoms with E-state index in [9.17, 15) is 9.59 Å². The molecule has 2 amide bonds. The number of hydrogen-bond acceptors (Lipinski definition) is 4. The van der Waals surface area contributed by atoms with Crippen molar-refractivity contribution in [1.82, 2.24) is 10.2 Å². The molecule has 0 radical (unpaired) electrons. The van der Waals surface area contributed by atoms with Gasteiger partial charge < -0.3 is 24.8 Å². The summed E-state index contributed by atoms with van der Waals surface area (Å²) in [5.41, 5.74) is 0. The summed E-state index contributed by atoms with van der Waals surface area (Å²) in [7, 11) is 1.51. The number of nitrogens with zero attached hydrogens (tertiary/aromatic N) is 1. The molecule has 2 N–H and O–H groups in total. The summed E-state index contributed by atoms with van der Waals surface area (Å²) >= 11 is 0. The molecule has 1 saturated heterocycles. The van der Waals surface area contributed by atoms with E-state index in [4.69, 9.17) is 14.6 Å². The normalized spacial score (nSPS) is 16.1. The van der Waals surface area contributed by atoms with Crippen molar-refractivity contribution in [3.8, 4) is 0 Å². The van der Waals surface area contributed by atoms with Gasteiger partial charge in [-0.1, -0.05) is 0 Å². The molecular weight excluding hydrogens is 252 g/mol. The van der Waals surface area contributed by atoms with Gasteiger partial charge in [0, 0.05) is 33.4 Å². The molecule has 110 valence electrons. The van der Waals surface area contributed by atoms with Crippen molar-refractivity contribution in [1.29, 1.82) is 0 Å². The quantitative estimate of drug-likeness (QED) is 0.690. The molecule has 1 heterocycles. The minimum absolute atomic E-state index is 0.266. The van der Waals surface area contributed by atoms with Crippen molar-refractivity contribution >= 4 is 12.0 Å². The summed E-state index contributed by atoms with van der Waals surface area (Å²) in [5.74, 6) is -0.621. The molecule has 0 atom stereocenters. The fraction of sp³-hybridized carbons (Fsp3) is 0.833. The Hall–Kier alpha value is -1.34. The molecule has 0 aromatic carbocycles. The van der Waals surface area contributed by atoms with Crippen LogP contribution < -0.4 is 5.32 Å². The summed E-state index contributed by atoms with van der Waals surface area (Å²) in [6, 6.07) is -0.356. The fourth-order valence-electron chi connectivity index (χ4n) is 1.91. The van der Waals surface area contributed by atoms with E-state index >= 15 is 0 Å². The molecule has 7 heteroatoms. The number of carbonyl (C=O) groups is 2. The average Bonchev–Trinajstić information content (AvgIpc) is 2.41. The van der Waals surface area contributed by atoms with E-state index in [-0.39, 0.29) is 19.1 Å². The summed E-state index contributed by atoms with van der Waals surface area (Å²) in [4.78, 5) is 23.8. The fourth-order valence-corrected chi connectivity index (χ4v) is 1.91. The number of amides is 2. The van der Waals surface area contributed by atoms with E-state index < -0.39 is 5.97 Å². The van der Waals surface area contributed by atoms with Crippen LogP contribution in [0.4, 0.5) is 4.79 Å². The van der Waals surface area contributed by atoms with Crippen LogP contribution in [0.15, 0.2) is 0 Å². The van der Waals surface area contributed by atoms with Gasteiger partial charge in [-0.05, 0) is 18.8 Å². The van der Waals surface area contributed by atoms with Gasteiger partial charge in [0.05, 0.1) is 6.61 Å². The third-order valence-corrected chi connectivity index (χ3v) is 3.06. The molecule has 1 fully saturated rings. The molecule has 1 aliphatic rings. The lowest BCUT2D eigenvalue weighted by Gasteiger charge is -2.25. The monoisotopic (exact) mass is 274 g/mol. The minimum atomic E-state index is -1.03. The Bertz CT molecular complexity index is 292. The van der Waals surface area contributed by atoms with Gasteiger partial charge in [-0.15, -0.1) is 0 Å². The SMILES string of the molecule is COCCN(CC(=O)O)C(=O)NCC1CCOCC1. The molecule has 7 nitrogen and oxygen atoms in total. The van der Waals surface area contributed by atoms with Crippen LogP contribution in [0.25, 0.3) is 0 Å². The zero-order valence-electron chi connectivity index (χ0n) is 11.3. The topological polar surface area (TPSA) is 88.1 Å². The van der Waals surface area contributed by atoms with E-state index in [1.807, 2.05) is 0 Å². The Labute approximate surface area is 112 Å². The second-order valence-electron chi connectivity index (χ2n) is 4.55. The molecule has 0 bridgehead atoms. The van der Waals surface area contributed by atoms with Crippen molar-refractivity contribution in [2.45, 2.75) is 12.8 Å². The number of nitrogens with one attached hydrogen (secondary N) is 1. The molecule has 0 unspecified atom stereocenters. The van der Waals surface area contributed by atoms with Crippen LogP contribution in [0.2, 0.25) is 0 Å². The number of hydrogen-bond donors (Lipinski definition) is 2. The summed E-state index contributed by atoms with van der Waals surface area (Å²) in [6.07, 6.45) is 1.86. The first-order chi connectivity index (χ1) is 9.13. The van der Waals surface area contributed by atoms with Gasteiger partial charge in [0.1, 0.15) is 6.54 Å². The van der Waals surface area contributed by atoms with Gasteiger partial charge in [0.25, 0.3) is 0 Å². The number of carbonyl (C=O) groups excluding carboxylic acids is 1. The second-order valence-corrected chi connectivity index (χ2v) is 4.55. The van der Waals surface area contributed by atoms with Crippen LogP contribution in [0, 0.1) is 5.92 Å². The first kappa shape index (κ1) is 15.7. The van der Waals surface area contributed by atoms with Crippen molar-refractivity contribution in [2.75, 3.05) is 46.6 Å². The largest absolute Gasteiger partial charge is 0.480 e. The van der Waals surface area contributed by atoms with Gasteiger partial charge in [-0.3, -0.25) is 4.79 Å². The lowest BCUT2D eigenvalue weighted by Crippen LogP contribution is -2.46. The van der Waals surface area contributed by atoms with Gasteiger partial charge in [-0.2, -0.15) is 0 Å². The van der Waals surface area contributed by atoms with Crippen molar-refractivity contribution < 1.29 is 24.2 Å². The third-order valence-electron chi connectivity index (χ3n) is 3.06. The second kappa shape index (κ2) is 8.71. The third kappa shape index (κ3) is 6.40. The van der Waals surface area contributed by atoms with Crippen LogP contribution >= 0.6 is 0 Å². The summed E-state index contributed by atoms with van der Waals surface area (Å²) < 4.78 is 10.1. The van der Waals surface area contributed by atoms with Crippen molar-refractivity contribution in [3.63, 3.8) is 0 Å². The number of aliphatic carboxylic acids is 1. The van der Waals surface area contributed by atoms with Crippen molar-refractivity contribution in [3.05, 3.63) is 0 Å². The van der Waals surface area contributed by atoms with E-state index in [2.05, 4.69) is 5.32 Å². The van der Waals surface area contributed by atoms with E-state index in [1.165, 1.54) is 12.0 Å². The van der Waals surface area contributed by atoms with Crippen LogP contribution in [0.1, 0.15) is 12.8 Å². The lowest BCUT2D eigenvalue weighted by atomic mass is 10.0. The summed E-state index contributed by atoms with van der Waals surface area (Å²) in [6.45, 7) is 2.28. The number of carboxylic acids is 1. The Morgan fingerprint density at radius 2 is 2.11 bits per heavy atom. The predicted molar refractivity (Wildman–Crippen MR) is 68.0 cm³/mol. The van der Waals surface area contributed by atoms with Crippen LogP contribution in [0.5, 0.6) is 0 Å². The van der Waals surface area contributed by atoms with E-state index in [0.29, 0.717) is 19.1 Å². The summed E-state index contributed by atoms with van der Waals surface area (Å²) in [5, 5.41) is 11.5. The molecule has 0 aliphatic carbocycles. The highest BCUT2D eigenvalue weighted by Gasteiger charge is 2.19. The number of methoxy groups -OCH3 is 1. The predicted octanol–water partition coefficient (Wildman–Crippen LogP) is 0.156. The Morgan fingerprint density at radius 3 is 2.68 bits per heavy atom. The molecule has 0 aromatic heterocycles. The van der Waals surface area contributed by atoms with E-state index in [0.717, 1.165) is 26.1 Å². The molecular formula is C12H22N2O5. The van der Waals surface area contributed by atoms with Gasteiger partial charge >= 0.3 is 12.0 Å². The molecule has 0 aromatic rings. The average molecular weight is 274 g/mol. The smallest absolute Gasteiger partial charge is 0.323 e. The Morgan fingerprint density at radius 1 is 1.42 bits per heavy atom. The van der Waals surface area contributed by atoms with Crippen LogP contribution in [-0.4, -0.2) is 68.6 Å². The van der Waals surface area contributed by atoms with Crippen LogP contribution in [-0.2, 0) is 14.3 Å². The van der Waals surface area contributed by atoms with Gasteiger partial charge in [0.15, 0.2) is 0 Å². The highest BCUT2D eigenvalue weighted by atomic mass is 16.5. The van der Waals surface area contributed by atoms with Gasteiger partial charge in [-0.25, -0.2) is 4.79 Å². The van der Waals surface area contributed by atoms with Crippen LogP contribution in [0.3, 0.4) is 0 Å². The highest BCUT2D eigenvalue weighted by molar-refractivity contribution is 5.80. The lowest BCUT2D eigenvalue weighted by molar-refractivity contribution is -0.137. The standard InChI is InChI=1S/C12H22N2O5/c1-18-7-4-14(9-11(15)16)12(17)13-8-10-2-5-19-6-3-10/h10H,2-9H2,1H3,(H,13,17)(H,15,16). The maximum atomic E-state index is 11.9. The molecule has 0 saturated carbocycles.